The third-order valence-corrected chi connectivity index (χ3v) is 2.09. The second kappa shape index (κ2) is 5.74. The van der Waals surface area contributed by atoms with Crippen molar-refractivity contribution in [2.24, 2.45) is 0 Å². The van der Waals surface area contributed by atoms with E-state index in [1.165, 1.54) is 7.11 Å². The van der Waals surface area contributed by atoms with E-state index in [0.717, 1.165) is 0 Å². The van der Waals surface area contributed by atoms with Crippen molar-refractivity contribution in [2.75, 3.05) is 12.4 Å². The van der Waals surface area contributed by atoms with Crippen molar-refractivity contribution in [1.29, 1.82) is 0 Å². The van der Waals surface area contributed by atoms with Gasteiger partial charge in [0.1, 0.15) is 11.8 Å². The van der Waals surface area contributed by atoms with Crippen molar-refractivity contribution in [1.82, 2.24) is 0 Å². The van der Waals surface area contributed by atoms with Crippen LogP contribution in [-0.2, 0) is 9.59 Å². The van der Waals surface area contributed by atoms with Gasteiger partial charge in [-0.3, -0.25) is 4.79 Å². The Morgan fingerprint density at radius 1 is 1.41 bits per heavy atom. The van der Waals surface area contributed by atoms with Crippen molar-refractivity contribution >= 4 is 17.6 Å². The fourth-order valence-corrected chi connectivity index (χ4v) is 1.29. The van der Waals surface area contributed by atoms with Crippen LogP contribution in [0.4, 0.5) is 5.69 Å². The smallest absolute Gasteiger partial charge is 0.326 e. The van der Waals surface area contributed by atoms with E-state index in [1.807, 2.05) is 0 Å². The number of carboxylic acid groups (broad SMARTS) is 2. The molecule has 0 aliphatic carbocycles. The molecule has 0 fully saturated rings. The molecule has 0 unspecified atom stereocenters. The first-order valence-electron chi connectivity index (χ1n) is 4.88. The molecule has 0 bridgehead atoms. The molecule has 1 aromatic rings. The highest BCUT2D eigenvalue weighted by Gasteiger charge is 2.20. The van der Waals surface area contributed by atoms with Gasteiger partial charge in [-0.05, 0) is 12.1 Å². The summed E-state index contributed by atoms with van der Waals surface area (Å²) in [6, 6.07) is 5.46. The standard InChI is InChI=1S/C11H13NO5/c1-17-8-4-2-3-7(5-8)12-9(11(15)16)6-10(13)14/h2-5,9,12H,6H2,1H3,(H,13,14)(H,15,16)/t9-/m0/s1. The normalized spacial score (nSPS) is 11.6. The number of nitrogens with one attached hydrogen (secondary N) is 1. The molecule has 0 saturated heterocycles. The maximum atomic E-state index is 10.8. The number of benzene rings is 1. The molecule has 0 saturated carbocycles. The Labute approximate surface area is 97.8 Å². The summed E-state index contributed by atoms with van der Waals surface area (Å²) in [6.07, 6.45) is -0.494. The molecule has 0 amide bonds. The molecule has 6 heteroatoms. The predicted octanol–water partition coefficient (Wildman–Crippen LogP) is 1.03. The zero-order valence-electron chi connectivity index (χ0n) is 9.21. The van der Waals surface area contributed by atoms with Crippen molar-refractivity contribution in [3.8, 4) is 5.75 Å². The lowest BCUT2D eigenvalue weighted by molar-refractivity contribution is -0.144. The van der Waals surface area contributed by atoms with Crippen LogP contribution in [0.25, 0.3) is 0 Å². The third-order valence-electron chi connectivity index (χ3n) is 2.09. The summed E-state index contributed by atoms with van der Waals surface area (Å²) < 4.78 is 4.97. The minimum absolute atomic E-state index is 0.494. The molecule has 0 spiro atoms. The summed E-state index contributed by atoms with van der Waals surface area (Å²) in [5, 5.41) is 20.1. The van der Waals surface area contributed by atoms with Crippen LogP contribution >= 0.6 is 0 Å². The number of aliphatic carboxylic acids is 2. The Morgan fingerprint density at radius 2 is 2.12 bits per heavy atom. The number of ether oxygens (including phenoxy) is 1. The van der Waals surface area contributed by atoms with E-state index in [1.54, 1.807) is 24.3 Å². The lowest BCUT2D eigenvalue weighted by atomic mass is 10.2. The molecule has 0 radical (unpaired) electrons. The van der Waals surface area contributed by atoms with Crippen molar-refractivity contribution in [3.05, 3.63) is 24.3 Å². The van der Waals surface area contributed by atoms with E-state index in [9.17, 15) is 9.59 Å². The Balaban J connectivity index is 2.78. The monoisotopic (exact) mass is 239 g/mol. The number of carbonyl (C=O) groups is 2. The van der Waals surface area contributed by atoms with Gasteiger partial charge in [-0.25, -0.2) is 4.79 Å². The number of hydrogen-bond donors (Lipinski definition) is 3. The third kappa shape index (κ3) is 4.02. The Hall–Kier alpha value is -2.24. The Kier molecular flexibility index (Phi) is 4.33. The number of carboxylic acids is 2. The first kappa shape index (κ1) is 12.8. The molecule has 1 atom stereocenters. The summed E-state index contributed by atoms with van der Waals surface area (Å²) in [4.78, 5) is 21.3. The molecule has 1 rings (SSSR count). The first-order chi connectivity index (χ1) is 8.02. The van der Waals surface area contributed by atoms with Crippen LogP contribution in [0.1, 0.15) is 6.42 Å². The van der Waals surface area contributed by atoms with Crippen molar-refractivity contribution < 1.29 is 24.5 Å². The molecular weight excluding hydrogens is 226 g/mol. The highest BCUT2D eigenvalue weighted by atomic mass is 16.5. The molecule has 0 aliphatic heterocycles. The second-order valence-corrected chi connectivity index (χ2v) is 3.36. The maximum absolute atomic E-state index is 10.8. The lowest BCUT2D eigenvalue weighted by Gasteiger charge is -2.14. The second-order valence-electron chi connectivity index (χ2n) is 3.36. The SMILES string of the molecule is COc1cccc(N[C@@H](CC(=O)O)C(=O)O)c1. The Bertz CT molecular complexity index is 418. The van der Waals surface area contributed by atoms with Gasteiger partial charge in [-0.2, -0.15) is 0 Å². The van der Waals surface area contributed by atoms with Gasteiger partial charge in [-0.15, -0.1) is 0 Å². The van der Waals surface area contributed by atoms with Crippen molar-refractivity contribution in [3.63, 3.8) is 0 Å². The van der Waals surface area contributed by atoms with Crippen LogP contribution in [0.2, 0.25) is 0 Å². The van der Waals surface area contributed by atoms with Gasteiger partial charge in [0.15, 0.2) is 0 Å². The largest absolute Gasteiger partial charge is 0.497 e. The van der Waals surface area contributed by atoms with E-state index < -0.39 is 24.4 Å². The number of methoxy groups -OCH3 is 1. The van der Waals surface area contributed by atoms with Gasteiger partial charge in [0, 0.05) is 11.8 Å². The maximum Gasteiger partial charge on any atom is 0.326 e. The van der Waals surface area contributed by atoms with Crippen LogP contribution in [0.3, 0.4) is 0 Å². The molecule has 1 aromatic carbocycles. The van der Waals surface area contributed by atoms with E-state index in [-0.39, 0.29) is 0 Å². The zero-order valence-corrected chi connectivity index (χ0v) is 9.21. The highest BCUT2D eigenvalue weighted by molar-refractivity contribution is 5.83. The molecule has 6 nitrogen and oxygen atoms in total. The molecule has 0 aliphatic rings. The van der Waals surface area contributed by atoms with Crippen LogP contribution < -0.4 is 10.1 Å². The molecular formula is C11H13NO5. The van der Waals surface area contributed by atoms with Gasteiger partial charge in [0.05, 0.1) is 13.5 Å². The van der Waals surface area contributed by atoms with E-state index in [0.29, 0.717) is 11.4 Å². The summed E-state index contributed by atoms with van der Waals surface area (Å²) in [6.45, 7) is 0. The first-order valence-corrected chi connectivity index (χ1v) is 4.88. The van der Waals surface area contributed by atoms with Crippen LogP contribution in [-0.4, -0.2) is 35.3 Å². The van der Waals surface area contributed by atoms with Gasteiger partial charge < -0.3 is 20.3 Å². The van der Waals surface area contributed by atoms with Crippen LogP contribution in [0, 0.1) is 0 Å². The summed E-state index contributed by atoms with van der Waals surface area (Å²) >= 11 is 0. The fraction of sp³-hybridized carbons (Fsp3) is 0.273. The predicted molar refractivity (Wildman–Crippen MR) is 60.3 cm³/mol. The van der Waals surface area contributed by atoms with E-state index in [2.05, 4.69) is 5.32 Å². The average molecular weight is 239 g/mol. The summed E-state index contributed by atoms with van der Waals surface area (Å²) in [5.41, 5.74) is 0.498. The Morgan fingerprint density at radius 3 is 2.65 bits per heavy atom. The van der Waals surface area contributed by atoms with E-state index >= 15 is 0 Å². The van der Waals surface area contributed by atoms with E-state index in [4.69, 9.17) is 14.9 Å². The fourth-order valence-electron chi connectivity index (χ4n) is 1.29. The molecule has 17 heavy (non-hydrogen) atoms. The quantitative estimate of drug-likeness (QED) is 0.686. The number of anilines is 1. The number of rotatable bonds is 6. The molecule has 92 valence electrons. The molecule has 3 N–H and O–H groups in total. The van der Waals surface area contributed by atoms with Crippen LogP contribution in [0.5, 0.6) is 5.75 Å². The summed E-state index contributed by atoms with van der Waals surface area (Å²) in [5.74, 6) is -1.82. The topological polar surface area (TPSA) is 95.9 Å². The van der Waals surface area contributed by atoms with Gasteiger partial charge in [0.25, 0.3) is 0 Å². The number of hydrogen-bond acceptors (Lipinski definition) is 4. The van der Waals surface area contributed by atoms with Crippen LogP contribution in [0.15, 0.2) is 24.3 Å². The van der Waals surface area contributed by atoms with Gasteiger partial charge in [0.2, 0.25) is 0 Å². The minimum atomic E-state index is -1.21. The summed E-state index contributed by atoms with van der Waals surface area (Å²) in [7, 11) is 1.49. The molecule has 0 heterocycles. The average Bonchev–Trinajstić information content (AvgIpc) is 2.27. The molecule has 0 aromatic heterocycles. The minimum Gasteiger partial charge on any atom is -0.497 e. The highest BCUT2D eigenvalue weighted by Crippen LogP contribution is 2.18. The van der Waals surface area contributed by atoms with Gasteiger partial charge >= 0.3 is 11.9 Å². The van der Waals surface area contributed by atoms with Gasteiger partial charge in [-0.1, -0.05) is 6.07 Å². The van der Waals surface area contributed by atoms with Crippen molar-refractivity contribution in [2.45, 2.75) is 12.5 Å². The zero-order chi connectivity index (χ0) is 12.8. The lowest BCUT2D eigenvalue weighted by Crippen LogP contribution is -2.31.